The highest BCUT2D eigenvalue weighted by Crippen LogP contribution is 2.30. The largest absolute Gasteiger partial charge is 0.619 e. The van der Waals surface area contributed by atoms with Gasteiger partial charge in [-0.3, -0.25) is 4.79 Å². The Morgan fingerprint density at radius 3 is 2.55 bits per heavy atom. The number of methoxy groups -OCH3 is 1. The zero-order valence-corrected chi connectivity index (χ0v) is 11.8. The average Bonchev–Trinajstić information content (AvgIpc) is 2.46. The first kappa shape index (κ1) is 14.1. The molecule has 0 atom stereocenters. The van der Waals surface area contributed by atoms with Crippen LogP contribution in [0.3, 0.4) is 0 Å². The molecule has 0 aliphatic carbocycles. The van der Waals surface area contributed by atoms with Gasteiger partial charge >= 0.3 is 0 Å². The molecule has 0 radical (unpaired) electrons. The molecule has 20 heavy (non-hydrogen) atoms. The highest BCUT2D eigenvalue weighted by molar-refractivity contribution is 6.05. The first-order chi connectivity index (χ1) is 9.46. The number of pyridine rings is 1. The maximum atomic E-state index is 12.8. The van der Waals surface area contributed by atoms with E-state index in [1.54, 1.807) is 44.2 Å². The summed E-state index contributed by atoms with van der Waals surface area (Å²) >= 11 is 0. The first-order valence-corrected chi connectivity index (χ1v) is 6.34. The number of carbonyl (C=O) groups is 1. The number of nitrogens with zero attached hydrogens (tertiary/aromatic N) is 1. The number of carbonyl (C=O) groups excluding carboxylic acids is 1. The fourth-order valence-electron chi connectivity index (χ4n) is 2.12. The summed E-state index contributed by atoms with van der Waals surface area (Å²) in [6, 6.07) is 10.5. The molecule has 0 unspecified atom stereocenters. The Labute approximate surface area is 118 Å². The average molecular weight is 271 g/mol. The van der Waals surface area contributed by atoms with Crippen molar-refractivity contribution >= 4 is 5.78 Å². The number of ketones is 1. The maximum Gasteiger partial charge on any atom is 0.184 e. The molecule has 1 heterocycles. The normalized spacial score (nSPS) is 11.2. The van der Waals surface area contributed by atoms with Gasteiger partial charge in [0.25, 0.3) is 0 Å². The molecule has 0 saturated heterocycles. The predicted octanol–water partition coefficient (Wildman–Crippen LogP) is 2.49. The standard InChI is InChI=1S/C16H17NO3/c1-16(2,12-7-6-10-17(19)11-12)15(18)13-8-4-5-9-14(13)20-3/h4-11H,1-3H3. The van der Waals surface area contributed by atoms with Crippen molar-refractivity contribution in [3.63, 3.8) is 0 Å². The molecule has 0 aliphatic rings. The third-order valence-corrected chi connectivity index (χ3v) is 3.42. The van der Waals surface area contributed by atoms with E-state index in [0.717, 1.165) is 0 Å². The van der Waals surface area contributed by atoms with Crippen LogP contribution in [0.2, 0.25) is 0 Å². The molecule has 2 aromatic rings. The van der Waals surface area contributed by atoms with Crippen LogP contribution in [-0.2, 0) is 5.41 Å². The van der Waals surface area contributed by atoms with E-state index in [9.17, 15) is 10.0 Å². The number of Topliss-reactive ketones (excluding diaryl/α,β-unsaturated/α-hetero) is 1. The SMILES string of the molecule is COc1ccccc1C(=O)C(C)(C)c1ccc[n+]([O-])c1. The quantitative estimate of drug-likeness (QED) is 0.487. The van der Waals surface area contributed by atoms with E-state index in [2.05, 4.69) is 0 Å². The van der Waals surface area contributed by atoms with Crippen LogP contribution in [-0.4, -0.2) is 12.9 Å². The van der Waals surface area contributed by atoms with Crippen molar-refractivity contribution in [3.05, 3.63) is 65.1 Å². The molecule has 1 aromatic carbocycles. The van der Waals surface area contributed by atoms with E-state index in [4.69, 9.17) is 4.74 Å². The molecular formula is C16H17NO3. The zero-order chi connectivity index (χ0) is 14.8. The first-order valence-electron chi connectivity index (χ1n) is 6.34. The topological polar surface area (TPSA) is 53.2 Å². The molecular weight excluding hydrogens is 254 g/mol. The van der Waals surface area contributed by atoms with Gasteiger partial charge in [-0.25, -0.2) is 0 Å². The third-order valence-electron chi connectivity index (χ3n) is 3.42. The van der Waals surface area contributed by atoms with Crippen molar-refractivity contribution in [2.24, 2.45) is 0 Å². The molecule has 0 bridgehead atoms. The van der Waals surface area contributed by atoms with Crippen LogP contribution in [0.15, 0.2) is 48.8 Å². The van der Waals surface area contributed by atoms with E-state index in [1.165, 1.54) is 19.5 Å². The van der Waals surface area contributed by atoms with Gasteiger partial charge in [0.2, 0.25) is 0 Å². The fraction of sp³-hybridized carbons (Fsp3) is 0.250. The summed E-state index contributed by atoms with van der Waals surface area (Å²) in [6.07, 6.45) is 2.82. The van der Waals surface area contributed by atoms with Crippen LogP contribution in [0.4, 0.5) is 0 Å². The van der Waals surface area contributed by atoms with Crippen LogP contribution in [0, 0.1) is 5.21 Å². The van der Waals surface area contributed by atoms with Crippen LogP contribution in [0.5, 0.6) is 5.75 Å². The summed E-state index contributed by atoms with van der Waals surface area (Å²) < 4.78 is 5.93. The summed E-state index contributed by atoms with van der Waals surface area (Å²) in [5, 5.41) is 11.4. The lowest BCUT2D eigenvalue weighted by molar-refractivity contribution is -0.606. The molecule has 0 aliphatic heterocycles. The van der Waals surface area contributed by atoms with Crippen molar-refractivity contribution in [1.29, 1.82) is 0 Å². The Bertz CT molecular complexity index is 635. The van der Waals surface area contributed by atoms with E-state index in [0.29, 0.717) is 21.6 Å². The Hall–Kier alpha value is -2.36. The summed E-state index contributed by atoms with van der Waals surface area (Å²) in [5.41, 5.74) is 0.384. The van der Waals surface area contributed by atoms with Gasteiger partial charge < -0.3 is 9.94 Å². The van der Waals surface area contributed by atoms with Crippen molar-refractivity contribution in [1.82, 2.24) is 0 Å². The second-order valence-corrected chi connectivity index (χ2v) is 5.11. The number of hydrogen-bond acceptors (Lipinski definition) is 3. The molecule has 1 aromatic heterocycles. The van der Waals surface area contributed by atoms with Gasteiger partial charge in [0, 0.05) is 11.6 Å². The second kappa shape index (κ2) is 5.33. The highest BCUT2D eigenvalue weighted by atomic mass is 16.5. The Kier molecular flexibility index (Phi) is 3.74. The van der Waals surface area contributed by atoms with E-state index >= 15 is 0 Å². The van der Waals surface area contributed by atoms with Gasteiger partial charge in [0.05, 0.1) is 18.1 Å². The molecule has 4 nitrogen and oxygen atoms in total. The Morgan fingerprint density at radius 1 is 1.20 bits per heavy atom. The van der Waals surface area contributed by atoms with E-state index in [1.807, 2.05) is 6.07 Å². The van der Waals surface area contributed by atoms with Gasteiger partial charge in [-0.15, -0.1) is 0 Å². The van der Waals surface area contributed by atoms with E-state index < -0.39 is 5.41 Å². The Balaban J connectivity index is 2.46. The van der Waals surface area contributed by atoms with Gasteiger partial charge in [-0.05, 0) is 32.0 Å². The van der Waals surface area contributed by atoms with Crippen molar-refractivity contribution < 1.29 is 14.3 Å². The monoisotopic (exact) mass is 271 g/mol. The van der Waals surface area contributed by atoms with Crippen LogP contribution < -0.4 is 9.47 Å². The smallest absolute Gasteiger partial charge is 0.184 e. The molecule has 0 fully saturated rings. The number of benzene rings is 1. The minimum atomic E-state index is -0.804. The highest BCUT2D eigenvalue weighted by Gasteiger charge is 2.33. The molecule has 0 amide bonds. The van der Waals surface area contributed by atoms with Crippen LogP contribution in [0.1, 0.15) is 29.8 Å². The summed E-state index contributed by atoms with van der Waals surface area (Å²) in [6.45, 7) is 3.61. The van der Waals surface area contributed by atoms with Crippen molar-refractivity contribution in [3.8, 4) is 5.75 Å². The van der Waals surface area contributed by atoms with Crippen molar-refractivity contribution in [2.75, 3.05) is 7.11 Å². The molecule has 4 heteroatoms. The van der Waals surface area contributed by atoms with E-state index in [-0.39, 0.29) is 5.78 Å². The lowest BCUT2D eigenvalue weighted by Gasteiger charge is -2.23. The number of ether oxygens (including phenoxy) is 1. The maximum absolute atomic E-state index is 12.8. The van der Waals surface area contributed by atoms with Gasteiger partial charge in [-0.1, -0.05) is 12.1 Å². The number of hydrogen-bond donors (Lipinski definition) is 0. The second-order valence-electron chi connectivity index (χ2n) is 5.11. The summed E-state index contributed by atoms with van der Waals surface area (Å²) in [7, 11) is 1.53. The zero-order valence-electron chi connectivity index (χ0n) is 11.8. The third kappa shape index (κ3) is 2.50. The lowest BCUT2D eigenvalue weighted by Crippen LogP contribution is -2.34. The lowest BCUT2D eigenvalue weighted by atomic mass is 9.78. The van der Waals surface area contributed by atoms with Gasteiger partial charge in [0.15, 0.2) is 18.2 Å². The number of para-hydroxylation sites is 1. The number of rotatable bonds is 4. The summed E-state index contributed by atoms with van der Waals surface area (Å²) in [5.74, 6) is 0.456. The molecule has 0 saturated carbocycles. The minimum Gasteiger partial charge on any atom is -0.619 e. The van der Waals surface area contributed by atoms with Gasteiger partial charge in [0.1, 0.15) is 5.75 Å². The molecule has 0 N–H and O–H groups in total. The minimum absolute atomic E-state index is 0.0823. The molecule has 0 spiro atoms. The molecule has 2 rings (SSSR count). The van der Waals surface area contributed by atoms with Crippen LogP contribution in [0.25, 0.3) is 0 Å². The predicted molar refractivity (Wildman–Crippen MR) is 75.8 cm³/mol. The number of aromatic nitrogens is 1. The molecule has 104 valence electrons. The van der Waals surface area contributed by atoms with Crippen LogP contribution >= 0.6 is 0 Å². The fourth-order valence-corrected chi connectivity index (χ4v) is 2.12. The summed E-state index contributed by atoms with van der Waals surface area (Å²) in [4.78, 5) is 12.8. The van der Waals surface area contributed by atoms with Gasteiger partial charge in [-0.2, -0.15) is 4.73 Å². The Morgan fingerprint density at radius 2 is 1.90 bits per heavy atom. The van der Waals surface area contributed by atoms with Crippen molar-refractivity contribution in [2.45, 2.75) is 19.3 Å².